The molecule has 0 aliphatic carbocycles. The lowest BCUT2D eigenvalue weighted by Gasteiger charge is -2.09. The highest BCUT2D eigenvalue weighted by Crippen LogP contribution is 2.27. The van der Waals surface area contributed by atoms with Gasteiger partial charge in [-0.1, -0.05) is 15.9 Å². The molecule has 1 heterocycles. The minimum absolute atomic E-state index is 0.0862. The maximum Gasteiger partial charge on any atom is 0.126 e. The van der Waals surface area contributed by atoms with Gasteiger partial charge >= 0.3 is 0 Å². The molecule has 1 atom stereocenters. The molecule has 1 N–H and O–H groups in total. The monoisotopic (exact) mass is 243 g/mol. The van der Waals surface area contributed by atoms with Gasteiger partial charge in [0.1, 0.15) is 5.82 Å². The Kier molecular flexibility index (Phi) is 2.65. The molecule has 0 saturated carbocycles. The first-order valence-corrected chi connectivity index (χ1v) is 5.22. The summed E-state index contributed by atoms with van der Waals surface area (Å²) < 4.78 is 14.3. The van der Waals surface area contributed by atoms with Gasteiger partial charge in [-0.15, -0.1) is 0 Å². The van der Waals surface area contributed by atoms with Crippen molar-refractivity contribution >= 4 is 15.9 Å². The first kappa shape index (κ1) is 9.16. The van der Waals surface area contributed by atoms with Crippen LogP contribution in [-0.4, -0.2) is 13.1 Å². The first-order valence-electron chi connectivity index (χ1n) is 4.43. The molecule has 1 aliphatic heterocycles. The predicted molar refractivity (Wildman–Crippen MR) is 54.3 cm³/mol. The average molecular weight is 244 g/mol. The van der Waals surface area contributed by atoms with Crippen molar-refractivity contribution in [2.45, 2.75) is 12.3 Å². The van der Waals surface area contributed by atoms with Crippen LogP contribution in [-0.2, 0) is 0 Å². The molecule has 2 rings (SSSR count). The topological polar surface area (TPSA) is 12.0 Å². The summed E-state index contributed by atoms with van der Waals surface area (Å²) in [5.41, 5.74) is 0.833. The van der Waals surface area contributed by atoms with Gasteiger partial charge < -0.3 is 5.32 Å². The largest absolute Gasteiger partial charge is 0.316 e. The van der Waals surface area contributed by atoms with Crippen molar-refractivity contribution in [3.8, 4) is 0 Å². The van der Waals surface area contributed by atoms with Crippen LogP contribution in [0.25, 0.3) is 0 Å². The van der Waals surface area contributed by atoms with E-state index in [1.165, 1.54) is 6.07 Å². The van der Waals surface area contributed by atoms with Crippen LogP contribution >= 0.6 is 15.9 Å². The summed E-state index contributed by atoms with van der Waals surface area (Å²) in [4.78, 5) is 0. The molecule has 70 valence electrons. The van der Waals surface area contributed by atoms with Gasteiger partial charge in [0.25, 0.3) is 0 Å². The lowest BCUT2D eigenvalue weighted by molar-refractivity contribution is 0.588. The first-order chi connectivity index (χ1) is 6.27. The van der Waals surface area contributed by atoms with E-state index in [0.29, 0.717) is 5.92 Å². The van der Waals surface area contributed by atoms with Gasteiger partial charge in [0.05, 0.1) is 0 Å². The van der Waals surface area contributed by atoms with E-state index in [2.05, 4.69) is 21.2 Å². The van der Waals surface area contributed by atoms with E-state index in [1.807, 2.05) is 6.07 Å². The van der Waals surface area contributed by atoms with Gasteiger partial charge in [-0.25, -0.2) is 4.39 Å². The van der Waals surface area contributed by atoms with E-state index >= 15 is 0 Å². The second-order valence-corrected chi connectivity index (χ2v) is 4.27. The molecule has 0 unspecified atom stereocenters. The van der Waals surface area contributed by atoms with Crippen molar-refractivity contribution in [2.75, 3.05) is 13.1 Å². The van der Waals surface area contributed by atoms with Gasteiger partial charge in [0.2, 0.25) is 0 Å². The van der Waals surface area contributed by atoms with Crippen molar-refractivity contribution in [3.05, 3.63) is 34.1 Å². The van der Waals surface area contributed by atoms with Crippen molar-refractivity contribution in [1.29, 1.82) is 0 Å². The van der Waals surface area contributed by atoms with Gasteiger partial charge in [0.15, 0.2) is 0 Å². The SMILES string of the molecule is Fc1ccc(Br)cc1[C@@H]1CCNC1. The molecule has 0 bridgehead atoms. The van der Waals surface area contributed by atoms with E-state index in [1.54, 1.807) is 6.07 Å². The molecule has 1 nitrogen and oxygen atoms in total. The standard InChI is InChI=1S/C10H11BrFN/c11-8-1-2-10(12)9(5-8)7-3-4-13-6-7/h1-2,5,7,13H,3-4,6H2/t7-/m1/s1. The second-order valence-electron chi connectivity index (χ2n) is 3.36. The normalized spacial score (nSPS) is 22.2. The fourth-order valence-corrected chi connectivity index (χ4v) is 2.13. The Labute approximate surface area is 85.5 Å². The predicted octanol–water partition coefficient (Wildman–Crippen LogP) is 2.67. The third-order valence-electron chi connectivity index (χ3n) is 2.46. The third kappa shape index (κ3) is 1.92. The molecule has 0 spiro atoms. The minimum Gasteiger partial charge on any atom is -0.316 e. The van der Waals surface area contributed by atoms with E-state index in [9.17, 15) is 4.39 Å². The zero-order chi connectivity index (χ0) is 9.26. The van der Waals surface area contributed by atoms with Crippen LogP contribution in [0.1, 0.15) is 17.9 Å². The molecule has 0 radical (unpaired) electrons. The second kappa shape index (κ2) is 3.76. The van der Waals surface area contributed by atoms with Crippen LogP contribution in [0.15, 0.2) is 22.7 Å². The highest BCUT2D eigenvalue weighted by Gasteiger charge is 2.19. The molecule has 1 aliphatic rings. The number of hydrogen-bond acceptors (Lipinski definition) is 1. The molecule has 3 heteroatoms. The average Bonchev–Trinajstić information content (AvgIpc) is 2.61. The molecule has 1 aromatic carbocycles. The van der Waals surface area contributed by atoms with Gasteiger partial charge in [-0.2, -0.15) is 0 Å². The van der Waals surface area contributed by atoms with Gasteiger partial charge in [-0.05, 0) is 36.7 Å². The smallest absolute Gasteiger partial charge is 0.126 e. The zero-order valence-corrected chi connectivity index (χ0v) is 8.77. The van der Waals surface area contributed by atoms with Crippen LogP contribution in [0.2, 0.25) is 0 Å². The molecular formula is C10H11BrFN. The van der Waals surface area contributed by atoms with E-state index in [0.717, 1.165) is 29.5 Å². The Hall–Kier alpha value is -0.410. The number of nitrogens with one attached hydrogen (secondary N) is 1. The highest BCUT2D eigenvalue weighted by molar-refractivity contribution is 9.10. The van der Waals surface area contributed by atoms with Crippen LogP contribution in [0.3, 0.4) is 0 Å². The lowest BCUT2D eigenvalue weighted by atomic mass is 9.98. The Morgan fingerprint density at radius 3 is 3.00 bits per heavy atom. The molecule has 0 aromatic heterocycles. The number of benzene rings is 1. The van der Waals surface area contributed by atoms with Crippen molar-refractivity contribution in [3.63, 3.8) is 0 Å². The van der Waals surface area contributed by atoms with Crippen LogP contribution in [0.4, 0.5) is 4.39 Å². The summed E-state index contributed by atoms with van der Waals surface area (Å²) in [6, 6.07) is 5.14. The number of hydrogen-bond donors (Lipinski definition) is 1. The lowest BCUT2D eigenvalue weighted by Crippen LogP contribution is -2.08. The van der Waals surface area contributed by atoms with Crippen molar-refractivity contribution < 1.29 is 4.39 Å². The fourth-order valence-electron chi connectivity index (χ4n) is 1.75. The van der Waals surface area contributed by atoms with E-state index in [4.69, 9.17) is 0 Å². The summed E-state index contributed by atoms with van der Waals surface area (Å²) in [5, 5.41) is 3.24. The molecule has 1 fully saturated rings. The number of halogens is 2. The molecule has 1 saturated heterocycles. The summed E-state index contributed by atoms with van der Waals surface area (Å²) >= 11 is 3.36. The van der Waals surface area contributed by atoms with Gasteiger partial charge in [0, 0.05) is 16.9 Å². The Morgan fingerprint density at radius 2 is 2.31 bits per heavy atom. The summed E-state index contributed by atoms with van der Waals surface area (Å²) in [6.45, 7) is 1.89. The maximum absolute atomic E-state index is 13.4. The maximum atomic E-state index is 13.4. The molecular weight excluding hydrogens is 233 g/mol. The van der Waals surface area contributed by atoms with Crippen LogP contribution in [0.5, 0.6) is 0 Å². The fraction of sp³-hybridized carbons (Fsp3) is 0.400. The molecule has 13 heavy (non-hydrogen) atoms. The Bertz CT molecular complexity index is 308. The summed E-state index contributed by atoms with van der Waals surface area (Å²) in [5.74, 6) is 0.259. The Morgan fingerprint density at radius 1 is 1.46 bits per heavy atom. The van der Waals surface area contributed by atoms with Crippen LogP contribution in [0, 0.1) is 5.82 Å². The van der Waals surface area contributed by atoms with E-state index < -0.39 is 0 Å². The molecule has 0 amide bonds. The summed E-state index contributed by atoms with van der Waals surface area (Å²) in [6.07, 6.45) is 1.04. The van der Waals surface area contributed by atoms with Crippen LogP contribution < -0.4 is 5.32 Å². The quantitative estimate of drug-likeness (QED) is 0.800. The third-order valence-corrected chi connectivity index (χ3v) is 2.95. The minimum atomic E-state index is -0.0862. The Balaban J connectivity index is 2.32. The van der Waals surface area contributed by atoms with Crippen molar-refractivity contribution in [1.82, 2.24) is 5.32 Å². The van der Waals surface area contributed by atoms with E-state index in [-0.39, 0.29) is 5.82 Å². The number of rotatable bonds is 1. The highest BCUT2D eigenvalue weighted by atomic mass is 79.9. The van der Waals surface area contributed by atoms with Gasteiger partial charge in [-0.3, -0.25) is 0 Å². The summed E-state index contributed by atoms with van der Waals surface area (Å²) in [7, 11) is 0. The zero-order valence-electron chi connectivity index (χ0n) is 7.19. The van der Waals surface area contributed by atoms with Crippen molar-refractivity contribution in [2.24, 2.45) is 0 Å². The molecule has 1 aromatic rings.